The maximum atomic E-state index is 10.6. The monoisotopic (exact) mass is 344 g/mol. The second-order valence-electron chi connectivity index (χ2n) is 5.51. The van der Waals surface area contributed by atoms with Crippen LogP contribution in [0.5, 0.6) is 11.5 Å². The Hall–Kier alpha value is -1.91. The van der Waals surface area contributed by atoms with Gasteiger partial charge in [-0.05, 0) is 24.1 Å². The van der Waals surface area contributed by atoms with Crippen molar-refractivity contribution in [3.05, 3.63) is 23.8 Å². The van der Waals surface area contributed by atoms with Crippen LogP contribution in [0.1, 0.15) is 12.0 Å². The minimum absolute atomic E-state index is 0.0813. The Kier molecular flexibility index (Phi) is 5.97. The summed E-state index contributed by atoms with van der Waals surface area (Å²) in [6, 6.07) is 4.22. The topological polar surface area (TPSA) is 157 Å². The third kappa shape index (κ3) is 4.13. The molecule has 1 fully saturated rings. The molecule has 1 aromatic rings. The molecule has 9 nitrogen and oxygen atoms in total. The van der Waals surface area contributed by atoms with Crippen LogP contribution < -0.4 is 4.74 Å². The molecule has 0 spiro atoms. The molecule has 1 heterocycles. The molecule has 0 saturated carbocycles. The number of phenols is 1. The molecule has 134 valence electrons. The number of hydrogen-bond donors (Lipinski definition) is 6. The van der Waals surface area contributed by atoms with E-state index < -0.39 is 43.3 Å². The van der Waals surface area contributed by atoms with Crippen LogP contribution in [0.4, 0.5) is 0 Å². The number of benzene rings is 1. The van der Waals surface area contributed by atoms with Crippen LogP contribution in [0.25, 0.3) is 0 Å². The van der Waals surface area contributed by atoms with Crippen LogP contribution in [0, 0.1) is 0 Å². The Morgan fingerprint density at radius 3 is 2.50 bits per heavy atom. The molecular weight excluding hydrogens is 324 g/mol. The van der Waals surface area contributed by atoms with E-state index in [2.05, 4.69) is 0 Å². The first-order valence-electron chi connectivity index (χ1n) is 7.34. The van der Waals surface area contributed by atoms with E-state index >= 15 is 0 Å². The van der Waals surface area contributed by atoms with Gasteiger partial charge in [-0.1, -0.05) is 6.07 Å². The van der Waals surface area contributed by atoms with Gasteiger partial charge in [-0.3, -0.25) is 4.79 Å². The van der Waals surface area contributed by atoms with Gasteiger partial charge in [-0.2, -0.15) is 0 Å². The summed E-state index contributed by atoms with van der Waals surface area (Å²) in [7, 11) is 0. The molecule has 0 aromatic heterocycles. The van der Waals surface area contributed by atoms with Crippen LogP contribution in [-0.4, -0.2) is 73.9 Å². The van der Waals surface area contributed by atoms with Crippen LogP contribution in [-0.2, 0) is 16.0 Å². The van der Waals surface area contributed by atoms with E-state index in [1.807, 2.05) is 0 Å². The maximum Gasteiger partial charge on any atom is 0.303 e. The average Bonchev–Trinajstić information content (AvgIpc) is 2.55. The molecule has 6 N–H and O–H groups in total. The summed E-state index contributed by atoms with van der Waals surface area (Å²) >= 11 is 0. The summed E-state index contributed by atoms with van der Waals surface area (Å²) in [6.07, 6.45) is -7.18. The van der Waals surface area contributed by atoms with Gasteiger partial charge in [0.1, 0.15) is 24.4 Å². The van der Waals surface area contributed by atoms with Crippen molar-refractivity contribution in [1.29, 1.82) is 0 Å². The highest BCUT2D eigenvalue weighted by molar-refractivity contribution is 5.67. The fourth-order valence-corrected chi connectivity index (χ4v) is 2.35. The molecule has 0 bridgehead atoms. The number of aromatic hydroxyl groups is 1. The smallest absolute Gasteiger partial charge is 0.303 e. The van der Waals surface area contributed by atoms with Gasteiger partial charge >= 0.3 is 5.97 Å². The van der Waals surface area contributed by atoms with E-state index in [1.54, 1.807) is 0 Å². The number of carboxylic acids is 1. The van der Waals surface area contributed by atoms with Crippen LogP contribution in [0.2, 0.25) is 0 Å². The number of ether oxygens (including phenoxy) is 2. The van der Waals surface area contributed by atoms with E-state index in [-0.39, 0.29) is 24.3 Å². The Balaban J connectivity index is 2.14. The van der Waals surface area contributed by atoms with E-state index in [0.717, 1.165) is 0 Å². The number of aliphatic hydroxyl groups excluding tert-OH is 4. The molecule has 0 radical (unpaired) electrons. The molecule has 5 atom stereocenters. The summed E-state index contributed by atoms with van der Waals surface area (Å²) in [6.45, 7) is -0.602. The SMILES string of the molecule is O=C(O)CCc1ccc(O)c(O[C@@H]2O[C@H](CO)[C@@H](O)[C@H](O)[C@H]2O)c1. The predicted octanol–water partition coefficient (Wildman–Crippen LogP) is -1.41. The Labute approximate surface area is 137 Å². The van der Waals surface area contributed by atoms with Gasteiger partial charge in [0.25, 0.3) is 0 Å². The highest BCUT2D eigenvalue weighted by Crippen LogP contribution is 2.31. The highest BCUT2D eigenvalue weighted by atomic mass is 16.7. The van der Waals surface area contributed by atoms with Crippen molar-refractivity contribution in [3.63, 3.8) is 0 Å². The van der Waals surface area contributed by atoms with E-state index in [1.165, 1.54) is 18.2 Å². The fraction of sp³-hybridized carbons (Fsp3) is 0.533. The molecule has 0 amide bonds. The summed E-state index contributed by atoms with van der Waals surface area (Å²) in [5.41, 5.74) is 0.579. The molecule has 1 aliphatic rings. The number of carbonyl (C=O) groups is 1. The Morgan fingerprint density at radius 1 is 1.17 bits per heavy atom. The number of aliphatic hydroxyl groups is 4. The zero-order valence-corrected chi connectivity index (χ0v) is 12.6. The lowest BCUT2D eigenvalue weighted by atomic mass is 9.99. The molecular formula is C15H20O9. The minimum Gasteiger partial charge on any atom is -0.504 e. The quantitative estimate of drug-likeness (QED) is 0.365. The number of aliphatic carboxylic acids is 1. The van der Waals surface area contributed by atoms with Gasteiger partial charge in [0, 0.05) is 6.42 Å². The van der Waals surface area contributed by atoms with Gasteiger partial charge in [-0.25, -0.2) is 0 Å². The molecule has 2 rings (SSSR count). The third-order valence-electron chi connectivity index (χ3n) is 3.74. The molecule has 9 heteroatoms. The number of aryl methyl sites for hydroxylation is 1. The Morgan fingerprint density at radius 2 is 1.88 bits per heavy atom. The number of hydrogen-bond acceptors (Lipinski definition) is 8. The predicted molar refractivity (Wildman–Crippen MR) is 78.5 cm³/mol. The number of carboxylic acid groups (broad SMARTS) is 1. The first-order chi connectivity index (χ1) is 11.3. The van der Waals surface area contributed by atoms with Crippen LogP contribution in [0.3, 0.4) is 0 Å². The van der Waals surface area contributed by atoms with E-state index in [9.17, 15) is 25.2 Å². The molecule has 1 saturated heterocycles. The van der Waals surface area contributed by atoms with E-state index in [4.69, 9.17) is 19.7 Å². The van der Waals surface area contributed by atoms with Gasteiger partial charge in [0.05, 0.1) is 6.61 Å². The standard InChI is InChI=1S/C15H20O9/c16-6-10-12(20)13(21)14(22)15(24-10)23-9-5-7(1-3-8(9)17)2-4-11(18)19/h1,3,5,10,12-17,20-22H,2,4,6H2,(H,18,19)/t10-,12-,13+,14-,15-/m1/s1. The van der Waals surface area contributed by atoms with Crippen molar-refractivity contribution >= 4 is 5.97 Å². The van der Waals surface area contributed by atoms with Gasteiger partial charge in [0.2, 0.25) is 6.29 Å². The van der Waals surface area contributed by atoms with Gasteiger partial charge in [-0.15, -0.1) is 0 Å². The van der Waals surface area contributed by atoms with Crippen molar-refractivity contribution in [1.82, 2.24) is 0 Å². The van der Waals surface area contributed by atoms with Crippen LogP contribution >= 0.6 is 0 Å². The Bertz CT molecular complexity index is 574. The van der Waals surface area contributed by atoms with Crippen molar-refractivity contribution in [2.24, 2.45) is 0 Å². The normalized spacial score (nSPS) is 30.1. The molecule has 0 aliphatic carbocycles. The largest absolute Gasteiger partial charge is 0.504 e. The molecule has 1 aliphatic heterocycles. The summed E-state index contributed by atoms with van der Waals surface area (Å²) < 4.78 is 10.5. The van der Waals surface area contributed by atoms with Crippen LogP contribution in [0.15, 0.2) is 18.2 Å². The summed E-state index contributed by atoms with van der Waals surface area (Å²) in [4.78, 5) is 10.6. The third-order valence-corrected chi connectivity index (χ3v) is 3.74. The first-order valence-corrected chi connectivity index (χ1v) is 7.34. The zero-order valence-electron chi connectivity index (χ0n) is 12.6. The van der Waals surface area contributed by atoms with Crippen molar-refractivity contribution in [2.75, 3.05) is 6.61 Å². The number of phenolic OH excluding ortho intramolecular Hbond substituents is 1. The average molecular weight is 344 g/mol. The van der Waals surface area contributed by atoms with Gasteiger partial charge < -0.3 is 40.1 Å². The zero-order chi connectivity index (χ0) is 17.9. The lowest BCUT2D eigenvalue weighted by Crippen LogP contribution is -2.60. The second kappa shape index (κ2) is 7.77. The highest BCUT2D eigenvalue weighted by Gasteiger charge is 2.44. The summed E-state index contributed by atoms with van der Waals surface area (Å²) in [5.74, 6) is -1.33. The van der Waals surface area contributed by atoms with Gasteiger partial charge in [0.15, 0.2) is 11.5 Å². The van der Waals surface area contributed by atoms with E-state index in [0.29, 0.717) is 5.56 Å². The lowest BCUT2D eigenvalue weighted by molar-refractivity contribution is -0.277. The maximum absolute atomic E-state index is 10.6. The minimum atomic E-state index is -1.61. The molecule has 0 unspecified atom stereocenters. The first kappa shape index (κ1) is 18.4. The molecule has 24 heavy (non-hydrogen) atoms. The van der Waals surface area contributed by atoms with Crippen molar-refractivity contribution in [3.8, 4) is 11.5 Å². The lowest BCUT2D eigenvalue weighted by Gasteiger charge is -2.39. The fourth-order valence-electron chi connectivity index (χ4n) is 2.35. The molecule has 1 aromatic carbocycles. The van der Waals surface area contributed by atoms with Crippen molar-refractivity contribution < 1.29 is 44.9 Å². The second-order valence-corrected chi connectivity index (χ2v) is 5.51. The number of rotatable bonds is 6. The summed E-state index contributed by atoms with van der Waals surface area (Å²) in [5, 5.41) is 57.0. The van der Waals surface area contributed by atoms with Crippen molar-refractivity contribution in [2.45, 2.75) is 43.5 Å².